The molecule has 1 heterocycles. The molecule has 0 aliphatic rings. The predicted octanol–water partition coefficient (Wildman–Crippen LogP) is -1.84. The zero-order valence-electron chi connectivity index (χ0n) is 23.1. The number of aliphatic carboxylic acids is 1. The number of benzene rings is 1. The van der Waals surface area contributed by atoms with Gasteiger partial charge in [0.2, 0.25) is 23.6 Å². The first-order valence-corrected chi connectivity index (χ1v) is 13.1. The lowest BCUT2D eigenvalue weighted by atomic mass is 10.00. The summed E-state index contributed by atoms with van der Waals surface area (Å²) in [4.78, 5) is 69.1. The van der Waals surface area contributed by atoms with Crippen LogP contribution in [-0.4, -0.2) is 76.4 Å². The van der Waals surface area contributed by atoms with E-state index in [2.05, 4.69) is 25.9 Å². The Morgan fingerprint density at radius 3 is 2.22 bits per heavy atom. The first-order chi connectivity index (χ1) is 19.3. The van der Waals surface area contributed by atoms with Gasteiger partial charge in [0, 0.05) is 30.1 Å². The van der Waals surface area contributed by atoms with E-state index in [0.717, 1.165) is 10.9 Å². The van der Waals surface area contributed by atoms with Crippen molar-refractivity contribution in [2.75, 3.05) is 6.54 Å². The maximum absolute atomic E-state index is 13.2. The molecule has 15 heteroatoms. The van der Waals surface area contributed by atoms with Crippen molar-refractivity contribution >= 4 is 46.5 Å². The third-order valence-electron chi connectivity index (χ3n) is 6.30. The van der Waals surface area contributed by atoms with Crippen molar-refractivity contribution in [2.24, 2.45) is 33.8 Å². The lowest BCUT2D eigenvalue weighted by Gasteiger charge is -2.27. The van der Waals surface area contributed by atoms with E-state index in [0.29, 0.717) is 5.56 Å². The number of hydrogen-bond acceptors (Lipinski definition) is 7. The standard InChI is InChI=1S/C26H39N9O6/c1-13(2)21(24(39)34-19(25(40)41)10-14-12-32-17-7-4-3-6-15(14)17)35-23(38)18(8-5-9-31-26(29)30)33-22(37)16(27)11-20(28)36/h3-4,6-7,12-13,16,18-19,21,32H,5,8-11,27H2,1-2H3,(H2,28,36)(H,33,37)(H,34,39)(H,35,38)(H,40,41)(H4,29,30,31). The summed E-state index contributed by atoms with van der Waals surface area (Å²) in [6, 6.07) is 2.51. The molecular weight excluding hydrogens is 534 g/mol. The number of primary amides is 1. The molecule has 0 radical (unpaired) electrons. The topological polar surface area (TPSA) is 274 Å². The van der Waals surface area contributed by atoms with Crippen molar-refractivity contribution in [1.82, 2.24) is 20.9 Å². The first kappa shape index (κ1) is 32.6. The number of aromatic nitrogens is 1. The number of para-hydroxylation sites is 1. The highest BCUT2D eigenvalue weighted by Gasteiger charge is 2.32. The molecule has 1 aromatic heterocycles. The van der Waals surface area contributed by atoms with Crippen LogP contribution in [0.15, 0.2) is 35.5 Å². The number of aromatic amines is 1. The van der Waals surface area contributed by atoms with Crippen LogP contribution in [0.2, 0.25) is 0 Å². The van der Waals surface area contributed by atoms with Crippen molar-refractivity contribution in [3.63, 3.8) is 0 Å². The number of guanidine groups is 1. The number of carboxylic acids is 1. The Morgan fingerprint density at radius 1 is 0.951 bits per heavy atom. The maximum Gasteiger partial charge on any atom is 0.326 e. The molecule has 0 saturated heterocycles. The number of nitrogens with one attached hydrogen (secondary N) is 4. The van der Waals surface area contributed by atoms with Crippen LogP contribution in [-0.2, 0) is 30.4 Å². The fraction of sp³-hybridized carbons (Fsp3) is 0.462. The minimum atomic E-state index is -1.29. The summed E-state index contributed by atoms with van der Waals surface area (Å²) in [5.74, 6) is -4.85. The van der Waals surface area contributed by atoms with Crippen molar-refractivity contribution in [2.45, 2.75) is 63.7 Å². The second-order valence-corrected chi connectivity index (χ2v) is 9.98. The Bertz CT molecular complexity index is 1270. The third kappa shape index (κ3) is 10.1. The quantitative estimate of drug-likeness (QED) is 0.0619. The number of rotatable bonds is 16. The SMILES string of the molecule is CC(C)C(NC(=O)C(CCCN=C(N)N)NC(=O)C(N)CC(N)=O)C(=O)NC(Cc1c[nH]c2ccccc12)C(=O)O. The van der Waals surface area contributed by atoms with Gasteiger partial charge in [-0.15, -0.1) is 0 Å². The van der Waals surface area contributed by atoms with Crippen LogP contribution in [0.25, 0.3) is 10.9 Å². The van der Waals surface area contributed by atoms with Gasteiger partial charge in [0.1, 0.15) is 18.1 Å². The lowest BCUT2D eigenvalue weighted by molar-refractivity contribution is -0.142. The van der Waals surface area contributed by atoms with Crippen LogP contribution < -0.4 is 38.9 Å². The van der Waals surface area contributed by atoms with Crippen molar-refractivity contribution in [1.29, 1.82) is 0 Å². The Labute approximate surface area is 236 Å². The van der Waals surface area contributed by atoms with E-state index < -0.39 is 66.1 Å². The van der Waals surface area contributed by atoms with Gasteiger partial charge in [-0.3, -0.25) is 24.2 Å². The Kier molecular flexibility index (Phi) is 12.1. The monoisotopic (exact) mass is 573 g/mol. The van der Waals surface area contributed by atoms with E-state index in [1.165, 1.54) is 0 Å². The number of carbonyl (C=O) groups is 5. The smallest absolute Gasteiger partial charge is 0.326 e. The zero-order chi connectivity index (χ0) is 30.7. The third-order valence-corrected chi connectivity index (χ3v) is 6.30. The predicted molar refractivity (Wildman–Crippen MR) is 152 cm³/mol. The largest absolute Gasteiger partial charge is 0.480 e. The summed E-state index contributed by atoms with van der Waals surface area (Å²) >= 11 is 0. The molecule has 15 nitrogen and oxygen atoms in total. The fourth-order valence-corrected chi connectivity index (χ4v) is 4.13. The highest BCUT2D eigenvalue weighted by atomic mass is 16.4. The number of carbonyl (C=O) groups excluding carboxylic acids is 4. The molecule has 0 spiro atoms. The van der Waals surface area contributed by atoms with Gasteiger partial charge in [-0.25, -0.2) is 4.79 Å². The summed E-state index contributed by atoms with van der Waals surface area (Å²) in [6.45, 7) is 3.52. The number of nitrogens with zero attached hydrogens (tertiary/aromatic N) is 1. The van der Waals surface area contributed by atoms with Crippen molar-refractivity contribution in [3.05, 3.63) is 36.0 Å². The van der Waals surface area contributed by atoms with Gasteiger partial charge in [0.25, 0.3) is 0 Å². The Hall–Kier alpha value is -4.66. The van der Waals surface area contributed by atoms with Gasteiger partial charge >= 0.3 is 5.97 Å². The van der Waals surface area contributed by atoms with Crippen LogP contribution in [0.5, 0.6) is 0 Å². The number of fused-ring (bicyclic) bond motifs is 1. The van der Waals surface area contributed by atoms with Crippen LogP contribution in [0.4, 0.5) is 0 Å². The van der Waals surface area contributed by atoms with Crippen LogP contribution in [0.1, 0.15) is 38.7 Å². The highest BCUT2D eigenvalue weighted by Crippen LogP contribution is 2.19. The van der Waals surface area contributed by atoms with Gasteiger partial charge in [-0.1, -0.05) is 32.0 Å². The van der Waals surface area contributed by atoms with Crippen LogP contribution in [0.3, 0.4) is 0 Å². The Balaban J connectivity index is 2.17. The molecule has 4 amide bonds. The summed E-state index contributed by atoms with van der Waals surface area (Å²) in [5.41, 5.74) is 23.0. The molecule has 224 valence electrons. The molecule has 2 aromatic rings. The summed E-state index contributed by atoms with van der Waals surface area (Å²) in [5, 5.41) is 18.2. The molecule has 4 unspecified atom stereocenters. The molecule has 4 atom stereocenters. The Morgan fingerprint density at radius 2 is 1.61 bits per heavy atom. The van der Waals surface area contributed by atoms with Gasteiger partial charge in [-0.05, 0) is 30.4 Å². The molecule has 0 fully saturated rings. The minimum Gasteiger partial charge on any atom is -0.480 e. The molecule has 0 saturated carbocycles. The molecule has 0 bridgehead atoms. The van der Waals surface area contributed by atoms with E-state index in [-0.39, 0.29) is 31.8 Å². The first-order valence-electron chi connectivity index (χ1n) is 13.1. The number of hydrogen-bond donors (Lipinski definition) is 9. The van der Waals surface area contributed by atoms with Crippen LogP contribution in [0, 0.1) is 5.92 Å². The highest BCUT2D eigenvalue weighted by molar-refractivity contribution is 5.95. The van der Waals surface area contributed by atoms with Gasteiger partial charge in [0.05, 0.1) is 12.5 Å². The van der Waals surface area contributed by atoms with E-state index in [9.17, 15) is 29.1 Å². The second-order valence-electron chi connectivity index (χ2n) is 9.98. The van der Waals surface area contributed by atoms with E-state index in [4.69, 9.17) is 22.9 Å². The lowest BCUT2D eigenvalue weighted by Crippen LogP contribution is -2.58. The number of amides is 4. The van der Waals surface area contributed by atoms with E-state index >= 15 is 0 Å². The molecule has 0 aliphatic heterocycles. The molecule has 1 aromatic carbocycles. The van der Waals surface area contributed by atoms with Gasteiger partial charge in [-0.2, -0.15) is 0 Å². The maximum atomic E-state index is 13.2. The van der Waals surface area contributed by atoms with Gasteiger partial charge < -0.3 is 49.0 Å². The number of H-pyrrole nitrogens is 1. The molecule has 2 rings (SSSR count). The molecular formula is C26H39N9O6. The van der Waals surface area contributed by atoms with Crippen molar-refractivity contribution < 1.29 is 29.1 Å². The van der Waals surface area contributed by atoms with E-state index in [1.54, 1.807) is 20.0 Å². The molecule has 0 aliphatic carbocycles. The zero-order valence-corrected chi connectivity index (χ0v) is 23.1. The normalized spacial score (nSPS) is 14.0. The van der Waals surface area contributed by atoms with Crippen molar-refractivity contribution in [3.8, 4) is 0 Å². The average Bonchev–Trinajstić information content (AvgIpc) is 3.30. The number of aliphatic imine (C=N–C) groups is 1. The van der Waals surface area contributed by atoms with Crippen LogP contribution >= 0.6 is 0 Å². The fourth-order valence-electron chi connectivity index (χ4n) is 4.13. The summed E-state index contributed by atoms with van der Waals surface area (Å²) in [7, 11) is 0. The number of nitrogens with two attached hydrogens (primary N) is 4. The number of carboxylic acid groups (broad SMARTS) is 1. The van der Waals surface area contributed by atoms with E-state index in [1.807, 2.05) is 24.3 Å². The average molecular weight is 574 g/mol. The molecule has 41 heavy (non-hydrogen) atoms. The summed E-state index contributed by atoms with van der Waals surface area (Å²) < 4.78 is 0. The summed E-state index contributed by atoms with van der Waals surface area (Å²) in [6.07, 6.45) is 1.62. The minimum absolute atomic E-state index is 0.00503. The molecule has 13 N–H and O–H groups in total. The second kappa shape index (κ2) is 15.2. The van der Waals surface area contributed by atoms with Gasteiger partial charge in [0.15, 0.2) is 5.96 Å².